The zero-order valence-electron chi connectivity index (χ0n) is 16.0. The number of morpholine rings is 1. The molecule has 2 unspecified atom stereocenters. The average molecular weight is 391 g/mol. The van der Waals surface area contributed by atoms with Gasteiger partial charge in [-0.15, -0.1) is 4.41 Å². The SMILES string of the molecule is Cc1ccc(S(=O)(=O)N2N=NC3C=CC(C)(C)CC32N2CCOCC2)cc1. The number of sulfonamides is 1. The van der Waals surface area contributed by atoms with E-state index in [9.17, 15) is 8.42 Å². The van der Waals surface area contributed by atoms with E-state index in [-0.39, 0.29) is 16.4 Å². The van der Waals surface area contributed by atoms with Crippen molar-refractivity contribution in [2.24, 2.45) is 15.8 Å². The fourth-order valence-electron chi connectivity index (χ4n) is 4.27. The maximum Gasteiger partial charge on any atom is 0.282 e. The van der Waals surface area contributed by atoms with Crippen molar-refractivity contribution in [1.29, 1.82) is 0 Å². The smallest absolute Gasteiger partial charge is 0.282 e. The summed E-state index contributed by atoms with van der Waals surface area (Å²) < 4.78 is 33.9. The molecule has 0 bridgehead atoms. The third kappa shape index (κ3) is 2.99. The summed E-state index contributed by atoms with van der Waals surface area (Å²) in [6.07, 6.45) is 4.75. The minimum atomic E-state index is -3.83. The molecule has 8 heteroatoms. The van der Waals surface area contributed by atoms with Crippen LogP contribution in [-0.2, 0) is 14.8 Å². The lowest BCUT2D eigenvalue weighted by atomic mass is 9.74. The number of hydrogen-bond donors (Lipinski definition) is 0. The van der Waals surface area contributed by atoms with Gasteiger partial charge in [0.05, 0.1) is 18.1 Å². The summed E-state index contributed by atoms with van der Waals surface area (Å²) in [7, 11) is -3.83. The summed E-state index contributed by atoms with van der Waals surface area (Å²) in [6, 6.07) is 6.59. The lowest BCUT2D eigenvalue weighted by Crippen LogP contribution is -2.67. The Balaban J connectivity index is 1.82. The van der Waals surface area contributed by atoms with Gasteiger partial charge < -0.3 is 4.74 Å². The lowest BCUT2D eigenvalue weighted by Gasteiger charge is -2.52. The molecule has 27 heavy (non-hydrogen) atoms. The molecule has 1 aliphatic carbocycles. The molecule has 0 spiro atoms. The van der Waals surface area contributed by atoms with Crippen LogP contribution in [0.5, 0.6) is 0 Å². The van der Waals surface area contributed by atoms with Crippen LogP contribution in [0.1, 0.15) is 25.8 Å². The molecule has 7 nitrogen and oxygen atoms in total. The van der Waals surface area contributed by atoms with Crippen molar-refractivity contribution in [2.75, 3.05) is 26.3 Å². The van der Waals surface area contributed by atoms with Gasteiger partial charge in [0.15, 0.2) is 5.66 Å². The van der Waals surface area contributed by atoms with Crippen LogP contribution in [0.2, 0.25) is 0 Å². The predicted molar refractivity (Wildman–Crippen MR) is 102 cm³/mol. The topological polar surface area (TPSA) is 74.6 Å². The van der Waals surface area contributed by atoms with Crippen LogP contribution >= 0.6 is 0 Å². The Bertz CT molecular complexity index is 873. The van der Waals surface area contributed by atoms with Crippen molar-refractivity contribution in [3.8, 4) is 0 Å². The van der Waals surface area contributed by atoms with E-state index in [0.29, 0.717) is 32.7 Å². The highest BCUT2D eigenvalue weighted by atomic mass is 32.2. The van der Waals surface area contributed by atoms with E-state index in [2.05, 4.69) is 35.2 Å². The molecule has 1 aromatic rings. The average Bonchev–Trinajstić information content (AvgIpc) is 3.02. The van der Waals surface area contributed by atoms with Crippen molar-refractivity contribution in [2.45, 2.75) is 43.8 Å². The van der Waals surface area contributed by atoms with Crippen molar-refractivity contribution in [3.05, 3.63) is 42.0 Å². The summed E-state index contributed by atoms with van der Waals surface area (Å²) in [5.41, 5.74) is 0.0243. The van der Waals surface area contributed by atoms with E-state index in [1.807, 2.05) is 25.1 Å². The fraction of sp³-hybridized carbons (Fsp3) is 0.579. The maximum atomic E-state index is 13.5. The number of benzene rings is 1. The van der Waals surface area contributed by atoms with E-state index in [1.54, 1.807) is 12.1 Å². The summed E-state index contributed by atoms with van der Waals surface area (Å²) in [6.45, 7) is 8.66. The van der Waals surface area contributed by atoms with Gasteiger partial charge in [0.1, 0.15) is 6.04 Å². The van der Waals surface area contributed by atoms with E-state index >= 15 is 0 Å². The van der Waals surface area contributed by atoms with Gasteiger partial charge in [0.25, 0.3) is 10.0 Å². The summed E-state index contributed by atoms with van der Waals surface area (Å²) in [4.78, 5) is 2.44. The highest BCUT2D eigenvalue weighted by molar-refractivity contribution is 7.89. The van der Waals surface area contributed by atoms with E-state index in [1.165, 1.54) is 4.41 Å². The van der Waals surface area contributed by atoms with Gasteiger partial charge >= 0.3 is 0 Å². The molecule has 0 N–H and O–H groups in total. The second kappa shape index (κ2) is 6.39. The third-order valence-corrected chi connectivity index (χ3v) is 7.33. The van der Waals surface area contributed by atoms with Crippen LogP contribution in [0.4, 0.5) is 0 Å². The molecule has 3 aliphatic rings. The molecular formula is C19H26N4O3S. The lowest BCUT2D eigenvalue weighted by molar-refractivity contribution is -0.0824. The molecule has 1 aromatic carbocycles. The first-order valence-electron chi connectivity index (χ1n) is 9.31. The second-order valence-electron chi connectivity index (χ2n) is 8.21. The van der Waals surface area contributed by atoms with Gasteiger partial charge in [-0.1, -0.05) is 48.9 Å². The monoisotopic (exact) mass is 390 g/mol. The quantitative estimate of drug-likeness (QED) is 0.744. The van der Waals surface area contributed by atoms with Crippen LogP contribution in [-0.4, -0.2) is 55.7 Å². The van der Waals surface area contributed by atoms with Gasteiger partial charge in [-0.05, 0) is 30.9 Å². The molecular weight excluding hydrogens is 364 g/mol. The van der Waals surface area contributed by atoms with Crippen LogP contribution in [0, 0.1) is 12.3 Å². The molecule has 2 heterocycles. The Morgan fingerprint density at radius 3 is 2.48 bits per heavy atom. The zero-order valence-corrected chi connectivity index (χ0v) is 16.8. The molecule has 1 saturated heterocycles. The number of ether oxygens (including phenoxy) is 1. The van der Waals surface area contributed by atoms with E-state index < -0.39 is 15.7 Å². The van der Waals surface area contributed by atoms with Crippen LogP contribution < -0.4 is 0 Å². The number of allylic oxidation sites excluding steroid dienone is 1. The first-order valence-corrected chi connectivity index (χ1v) is 10.7. The number of aryl methyl sites for hydroxylation is 1. The van der Waals surface area contributed by atoms with Crippen molar-refractivity contribution in [1.82, 2.24) is 9.31 Å². The van der Waals surface area contributed by atoms with Gasteiger partial charge in [-0.3, -0.25) is 4.90 Å². The third-order valence-electron chi connectivity index (χ3n) is 5.61. The Morgan fingerprint density at radius 1 is 1.15 bits per heavy atom. The number of hydrogen-bond acceptors (Lipinski definition) is 6. The van der Waals surface area contributed by atoms with Crippen LogP contribution in [0.25, 0.3) is 0 Å². The Labute approximate surface area is 160 Å². The number of rotatable bonds is 3. The maximum absolute atomic E-state index is 13.5. The highest BCUT2D eigenvalue weighted by Crippen LogP contribution is 2.48. The molecule has 146 valence electrons. The van der Waals surface area contributed by atoms with Crippen molar-refractivity contribution >= 4 is 10.0 Å². The largest absolute Gasteiger partial charge is 0.379 e. The predicted octanol–water partition coefficient (Wildman–Crippen LogP) is 2.75. The summed E-state index contributed by atoms with van der Waals surface area (Å²) >= 11 is 0. The molecule has 2 atom stereocenters. The van der Waals surface area contributed by atoms with E-state index in [0.717, 1.165) is 5.56 Å². The minimum Gasteiger partial charge on any atom is -0.379 e. The highest BCUT2D eigenvalue weighted by Gasteiger charge is 2.60. The summed E-state index contributed by atoms with van der Waals surface area (Å²) in [5.74, 6) is 0. The van der Waals surface area contributed by atoms with Gasteiger partial charge in [0, 0.05) is 13.1 Å². The first-order chi connectivity index (χ1) is 12.8. The van der Waals surface area contributed by atoms with E-state index in [4.69, 9.17) is 4.74 Å². The Hall–Kier alpha value is -1.77. The molecule has 0 radical (unpaired) electrons. The first kappa shape index (κ1) is 18.6. The summed E-state index contributed by atoms with van der Waals surface area (Å²) in [5, 5.41) is 8.56. The minimum absolute atomic E-state index is 0.161. The molecule has 1 fully saturated rings. The zero-order chi connectivity index (χ0) is 19.3. The molecule has 0 amide bonds. The molecule has 2 aliphatic heterocycles. The second-order valence-corrected chi connectivity index (χ2v) is 9.98. The van der Waals surface area contributed by atoms with Crippen LogP contribution in [0.15, 0.2) is 51.7 Å². The van der Waals surface area contributed by atoms with Crippen molar-refractivity contribution < 1.29 is 13.2 Å². The van der Waals surface area contributed by atoms with Crippen molar-refractivity contribution in [3.63, 3.8) is 0 Å². The fourth-order valence-corrected chi connectivity index (χ4v) is 5.79. The molecule has 0 aromatic heterocycles. The normalized spacial score (nSPS) is 30.5. The Kier molecular flexibility index (Phi) is 4.40. The van der Waals surface area contributed by atoms with Gasteiger partial charge in [0.2, 0.25) is 0 Å². The van der Waals surface area contributed by atoms with Gasteiger partial charge in [-0.25, -0.2) is 0 Å². The standard InChI is InChI=1S/C19H26N4O3S/c1-15-4-6-16(7-5-15)27(24,25)23-19(22-10-12-26-13-11-22)14-18(2,3)9-8-17(19)20-21-23/h4-9,17H,10-14H2,1-3H3. The molecule has 0 saturated carbocycles. The van der Waals surface area contributed by atoms with Gasteiger partial charge in [-0.2, -0.15) is 13.5 Å². The number of fused-ring (bicyclic) bond motifs is 1. The molecule has 4 rings (SSSR count). The number of nitrogens with zero attached hydrogens (tertiary/aromatic N) is 4. The van der Waals surface area contributed by atoms with Crippen LogP contribution in [0.3, 0.4) is 0 Å². The Morgan fingerprint density at radius 2 is 1.81 bits per heavy atom.